The molecule has 1 aromatic heterocycles. The van der Waals surface area contributed by atoms with Crippen LogP contribution >= 0.6 is 11.3 Å². The van der Waals surface area contributed by atoms with Gasteiger partial charge in [0, 0.05) is 32.6 Å². The number of hydrogen-bond donors (Lipinski definition) is 1. The molecule has 1 fully saturated rings. The number of thiophene rings is 1. The van der Waals surface area contributed by atoms with Gasteiger partial charge in [0.2, 0.25) is 0 Å². The zero-order valence-corrected chi connectivity index (χ0v) is 10.4. The maximum atomic E-state index is 9.43. The first-order valence-electron chi connectivity index (χ1n) is 5.63. The molecule has 1 N–H and O–H groups in total. The summed E-state index contributed by atoms with van der Waals surface area (Å²) in [6.45, 7) is 5.96. The van der Waals surface area contributed by atoms with E-state index in [2.05, 4.69) is 40.0 Å². The Morgan fingerprint density at radius 1 is 1.56 bits per heavy atom. The number of nitrogens with one attached hydrogen (secondary N) is 1. The van der Waals surface area contributed by atoms with Gasteiger partial charge in [-0.25, -0.2) is 0 Å². The molecule has 0 saturated carbocycles. The maximum absolute atomic E-state index is 9.43. The van der Waals surface area contributed by atoms with Gasteiger partial charge in [-0.05, 0) is 29.3 Å². The van der Waals surface area contributed by atoms with Crippen LogP contribution in [0.2, 0.25) is 0 Å². The van der Waals surface area contributed by atoms with Crippen molar-refractivity contribution in [1.29, 1.82) is 5.26 Å². The van der Waals surface area contributed by atoms with Gasteiger partial charge in [-0.1, -0.05) is 0 Å². The fourth-order valence-corrected chi connectivity index (χ4v) is 2.84. The van der Waals surface area contributed by atoms with Gasteiger partial charge < -0.3 is 5.32 Å². The van der Waals surface area contributed by atoms with E-state index in [9.17, 15) is 5.26 Å². The van der Waals surface area contributed by atoms with Crippen LogP contribution in [0.15, 0.2) is 16.8 Å². The summed E-state index contributed by atoms with van der Waals surface area (Å²) in [5, 5.41) is 17.0. The van der Waals surface area contributed by atoms with Gasteiger partial charge in [0.1, 0.15) is 5.54 Å². The van der Waals surface area contributed by atoms with Gasteiger partial charge in [0.05, 0.1) is 6.07 Å². The summed E-state index contributed by atoms with van der Waals surface area (Å²) in [6, 6.07) is 4.60. The van der Waals surface area contributed by atoms with Crippen LogP contribution in [0.25, 0.3) is 0 Å². The average Bonchev–Trinajstić information content (AvgIpc) is 2.83. The third kappa shape index (κ3) is 2.43. The lowest BCUT2D eigenvalue weighted by atomic mass is 9.93. The first-order chi connectivity index (χ1) is 7.74. The quantitative estimate of drug-likeness (QED) is 0.862. The number of piperazine rings is 1. The lowest BCUT2D eigenvalue weighted by molar-refractivity contribution is 0.133. The number of rotatable bonds is 3. The van der Waals surface area contributed by atoms with Gasteiger partial charge in [0.15, 0.2) is 0 Å². The van der Waals surface area contributed by atoms with Crippen molar-refractivity contribution in [2.75, 3.05) is 26.2 Å². The normalized spacial score (nSPS) is 21.2. The number of nitriles is 1. The first kappa shape index (κ1) is 11.6. The Morgan fingerprint density at radius 2 is 2.31 bits per heavy atom. The topological polar surface area (TPSA) is 39.1 Å². The van der Waals surface area contributed by atoms with E-state index in [0.29, 0.717) is 0 Å². The Balaban J connectivity index is 2.09. The fourth-order valence-electron chi connectivity index (χ4n) is 2.17. The summed E-state index contributed by atoms with van der Waals surface area (Å²) >= 11 is 1.70. The fraction of sp³-hybridized carbons (Fsp3) is 0.583. The SMILES string of the molecule is CC(C#N)(Cc1ccsc1)N1CCNCC1. The van der Waals surface area contributed by atoms with Crippen LogP contribution in [-0.4, -0.2) is 36.6 Å². The van der Waals surface area contributed by atoms with Crippen molar-refractivity contribution in [2.24, 2.45) is 0 Å². The van der Waals surface area contributed by atoms with E-state index in [1.807, 2.05) is 0 Å². The second-order valence-electron chi connectivity index (χ2n) is 4.43. The van der Waals surface area contributed by atoms with Gasteiger partial charge >= 0.3 is 0 Å². The van der Waals surface area contributed by atoms with Crippen molar-refractivity contribution in [3.05, 3.63) is 22.4 Å². The first-order valence-corrected chi connectivity index (χ1v) is 6.57. The van der Waals surface area contributed by atoms with Crippen LogP contribution in [0, 0.1) is 11.3 Å². The van der Waals surface area contributed by atoms with Crippen molar-refractivity contribution in [1.82, 2.24) is 10.2 Å². The summed E-state index contributed by atoms with van der Waals surface area (Å²) in [6.07, 6.45) is 0.826. The molecule has 1 saturated heterocycles. The molecule has 2 rings (SSSR count). The van der Waals surface area contributed by atoms with Crippen LogP contribution < -0.4 is 5.32 Å². The minimum atomic E-state index is -0.358. The molecule has 86 valence electrons. The molecular formula is C12H17N3S. The monoisotopic (exact) mass is 235 g/mol. The van der Waals surface area contributed by atoms with E-state index in [1.54, 1.807) is 11.3 Å². The molecule has 1 unspecified atom stereocenters. The second-order valence-corrected chi connectivity index (χ2v) is 5.21. The van der Waals surface area contributed by atoms with E-state index in [1.165, 1.54) is 5.56 Å². The number of nitrogens with zero attached hydrogens (tertiary/aromatic N) is 2. The highest BCUT2D eigenvalue weighted by Crippen LogP contribution is 2.22. The Hall–Kier alpha value is -0.890. The van der Waals surface area contributed by atoms with Gasteiger partial charge in [-0.2, -0.15) is 16.6 Å². The van der Waals surface area contributed by atoms with Crippen molar-refractivity contribution < 1.29 is 0 Å². The molecule has 0 amide bonds. The third-order valence-corrected chi connectivity index (χ3v) is 3.92. The van der Waals surface area contributed by atoms with Crippen LogP contribution in [-0.2, 0) is 6.42 Å². The second kappa shape index (κ2) is 4.96. The molecular weight excluding hydrogens is 218 g/mol. The smallest absolute Gasteiger partial charge is 0.110 e. The van der Waals surface area contributed by atoms with Gasteiger partial charge in [-0.3, -0.25) is 4.90 Å². The summed E-state index contributed by atoms with van der Waals surface area (Å²) in [5.74, 6) is 0. The van der Waals surface area contributed by atoms with Crippen LogP contribution in [0.3, 0.4) is 0 Å². The molecule has 0 radical (unpaired) electrons. The molecule has 1 atom stereocenters. The summed E-state index contributed by atoms with van der Waals surface area (Å²) in [4.78, 5) is 2.29. The predicted octanol–water partition coefficient (Wildman–Crippen LogP) is 1.48. The lowest BCUT2D eigenvalue weighted by Gasteiger charge is -2.38. The third-order valence-electron chi connectivity index (χ3n) is 3.18. The Labute approximate surface area is 101 Å². The van der Waals surface area contributed by atoms with Crippen LogP contribution in [0.5, 0.6) is 0 Å². The molecule has 0 aliphatic carbocycles. The van der Waals surface area contributed by atoms with Crippen molar-refractivity contribution in [2.45, 2.75) is 18.9 Å². The predicted molar refractivity (Wildman–Crippen MR) is 66.5 cm³/mol. The van der Waals surface area contributed by atoms with E-state index in [0.717, 1.165) is 32.6 Å². The minimum absolute atomic E-state index is 0.358. The van der Waals surface area contributed by atoms with Crippen molar-refractivity contribution in [3.8, 4) is 6.07 Å². The Bertz CT molecular complexity index is 362. The average molecular weight is 235 g/mol. The van der Waals surface area contributed by atoms with Crippen LogP contribution in [0.1, 0.15) is 12.5 Å². The van der Waals surface area contributed by atoms with Crippen LogP contribution in [0.4, 0.5) is 0 Å². The summed E-state index contributed by atoms with van der Waals surface area (Å²) in [5.41, 5.74) is 0.913. The highest BCUT2D eigenvalue weighted by atomic mass is 32.1. The standard InChI is InChI=1S/C12H17N3S/c1-12(10-13,8-11-2-7-16-9-11)15-5-3-14-4-6-15/h2,7,9,14H,3-6,8H2,1H3. The Morgan fingerprint density at radius 3 is 2.88 bits per heavy atom. The molecule has 16 heavy (non-hydrogen) atoms. The highest BCUT2D eigenvalue weighted by molar-refractivity contribution is 7.07. The van der Waals surface area contributed by atoms with Crippen molar-refractivity contribution >= 4 is 11.3 Å². The van der Waals surface area contributed by atoms with E-state index in [4.69, 9.17) is 0 Å². The molecule has 2 heterocycles. The summed E-state index contributed by atoms with van der Waals surface area (Å²) < 4.78 is 0. The van der Waals surface area contributed by atoms with E-state index in [-0.39, 0.29) is 5.54 Å². The zero-order chi connectivity index (χ0) is 11.4. The molecule has 1 aliphatic heterocycles. The molecule has 0 spiro atoms. The van der Waals surface area contributed by atoms with Gasteiger partial charge in [-0.15, -0.1) is 0 Å². The number of hydrogen-bond acceptors (Lipinski definition) is 4. The Kier molecular flexibility index (Phi) is 3.59. The van der Waals surface area contributed by atoms with Crippen molar-refractivity contribution in [3.63, 3.8) is 0 Å². The molecule has 1 aromatic rings. The minimum Gasteiger partial charge on any atom is -0.314 e. The van der Waals surface area contributed by atoms with E-state index < -0.39 is 0 Å². The molecule has 1 aliphatic rings. The van der Waals surface area contributed by atoms with E-state index >= 15 is 0 Å². The maximum Gasteiger partial charge on any atom is 0.110 e. The lowest BCUT2D eigenvalue weighted by Crippen LogP contribution is -2.55. The largest absolute Gasteiger partial charge is 0.314 e. The highest BCUT2D eigenvalue weighted by Gasteiger charge is 2.32. The molecule has 0 aromatic carbocycles. The molecule has 3 nitrogen and oxygen atoms in total. The molecule has 0 bridgehead atoms. The zero-order valence-electron chi connectivity index (χ0n) is 9.57. The summed E-state index contributed by atoms with van der Waals surface area (Å²) in [7, 11) is 0. The van der Waals surface area contributed by atoms with Gasteiger partial charge in [0.25, 0.3) is 0 Å². The molecule has 4 heteroatoms.